The van der Waals surface area contributed by atoms with Gasteiger partial charge < -0.3 is 0 Å². The number of nitrogens with two attached hydrogens (primary N) is 1. The number of halogens is 4. The molecule has 1 aliphatic carbocycles. The molecule has 1 saturated carbocycles. The van der Waals surface area contributed by atoms with Gasteiger partial charge in [0.15, 0.2) is 0 Å². The highest BCUT2D eigenvalue weighted by atomic mass is 19.4. The van der Waals surface area contributed by atoms with E-state index in [1.807, 2.05) is 0 Å². The van der Waals surface area contributed by atoms with Crippen LogP contribution in [0.3, 0.4) is 0 Å². The van der Waals surface area contributed by atoms with Gasteiger partial charge in [-0.05, 0) is 31.2 Å². The highest BCUT2D eigenvalue weighted by Crippen LogP contribution is 2.43. The summed E-state index contributed by atoms with van der Waals surface area (Å²) in [6, 6.07) is 0.833. The van der Waals surface area contributed by atoms with Gasteiger partial charge in [-0.25, -0.2) is 4.39 Å². The summed E-state index contributed by atoms with van der Waals surface area (Å²) in [6.45, 7) is 0. The lowest BCUT2D eigenvalue weighted by Crippen LogP contribution is -2.38. The minimum atomic E-state index is -4.20. The van der Waals surface area contributed by atoms with Gasteiger partial charge in [0.2, 0.25) is 0 Å². The van der Waals surface area contributed by atoms with Crippen LogP contribution >= 0.6 is 0 Å². The first-order valence-electron chi connectivity index (χ1n) is 6.55. The second-order valence-electron chi connectivity index (χ2n) is 5.21. The Labute approximate surface area is 114 Å². The van der Waals surface area contributed by atoms with E-state index in [0.29, 0.717) is 12.8 Å². The molecule has 0 aliphatic heterocycles. The van der Waals surface area contributed by atoms with Crippen molar-refractivity contribution < 1.29 is 17.6 Å². The Balaban J connectivity index is 2.18. The fraction of sp³-hybridized carbons (Fsp3) is 0.615. The second-order valence-corrected chi connectivity index (χ2v) is 5.21. The molecule has 1 fully saturated rings. The molecule has 0 bridgehead atoms. The van der Waals surface area contributed by atoms with Gasteiger partial charge in [-0.3, -0.25) is 16.3 Å². The monoisotopic (exact) mass is 291 g/mol. The zero-order valence-corrected chi connectivity index (χ0v) is 10.8. The van der Waals surface area contributed by atoms with E-state index in [1.165, 1.54) is 12.3 Å². The summed E-state index contributed by atoms with van der Waals surface area (Å²) in [4.78, 5) is 3.64. The predicted molar refractivity (Wildman–Crippen MR) is 65.8 cm³/mol. The number of hydrazine groups is 1. The van der Waals surface area contributed by atoms with E-state index in [0.717, 1.165) is 6.20 Å². The molecule has 7 heteroatoms. The lowest BCUT2D eigenvalue weighted by atomic mass is 9.76. The van der Waals surface area contributed by atoms with Crippen LogP contribution in [0, 0.1) is 17.7 Å². The predicted octanol–water partition coefficient (Wildman–Crippen LogP) is 3.09. The van der Waals surface area contributed by atoms with Crippen molar-refractivity contribution in [2.45, 2.75) is 37.9 Å². The first-order chi connectivity index (χ1) is 9.43. The fourth-order valence-corrected chi connectivity index (χ4v) is 2.95. The quantitative estimate of drug-likeness (QED) is 0.511. The van der Waals surface area contributed by atoms with E-state index in [1.54, 1.807) is 0 Å². The highest BCUT2D eigenvalue weighted by Gasteiger charge is 2.43. The average Bonchev–Trinajstić information content (AvgIpc) is 2.41. The lowest BCUT2D eigenvalue weighted by molar-refractivity contribution is -0.186. The highest BCUT2D eigenvalue weighted by molar-refractivity contribution is 5.18. The third kappa shape index (κ3) is 3.27. The molecule has 0 aromatic carbocycles. The van der Waals surface area contributed by atoms with Crippen LogP contribution in [-0.4, -0.2) is 11.2 Å². The Morgan fingerprint density at radius 2 is 2.10 bits per heavy atom. The second kappa shape index (κ2) is 6.05. The molecule has 3 unspecified atom stereocenters. The average molecular weight is 291 g/mol. The lowest BCUT2D eigenvalue weighted by Gasteiger charge is -2.35. The van der Waals surface area contributed by atoms with Crippen LogP contribution in [0.25, 0.3) is 0 Å². The van der Waals surface area contributed by atoms with Gasteiger partial charge in [-0.1, -0.05) is 6.42 Å². The Kier molecular flexibility index (Phi) is 4.59. The van der Waals surface area contributed by atoms with E-state index in [2.05, 4.69) is 10.4 Å². The Morgan fingerprint density at radius 1 is 1.35 bits per heavy atom. The summed E-state index contributed by atoms with van der Waals surface area (Å²) in [6.07, 6.45) is -0.565. The summed E-state index contributed by atoms with van der Waals surface area (Å²) in [5.74, 6) is 3.22. The third-order valence-corrected chi connectivity index (χ3v) is 3.97. The van der Waals surface area contributed by atoms with Crippen molar-refractivity contribution in [1.82, 2.24) is 10.4 Å². The number of rotatable bonds is 3. The van der Waals surface area contributed by atoms with Crippen LogP contribution in [0.4, 0.5) is 17.6 Å². The molecule has 1 heterocycles. The molecular formula is C13H17F4N3. The number of nitrogens with one attached hydrogen (secondary N) is 1. The molecule has 3 nitrogen and oxygen atoms in total. The van der Waals surface area contributed by atoms with Gasteiger partial charge in [0.25, 0.3) is 0 Å². The SMILES string of the molecule is NNC(c1ccncc1F)C1CCCC(C(F)(F)F)C1. The van der Waals surface area contributed by atoms with Crippen LogP contribution in [0.5, 0.6) is 0 Å². The van der Waals surface area contributed by atoms with E-state index < -0.39 is 24.0 Å². The third-order valence-electron chi connectivity index (χ3n) is 3.97. The van der Waals surface area contributed by atoms with Gasteiger partial charge in [0.1, 0.15) is 5.82 Å². The summed E-state index contributed by atoms with van der Waals surface area (Å²) in [5.41, 5.74) is 2.74. The van der Waals surface area contributed by atoms with Gasteiger partial charge in [0, 0.05) is 11.8 Å². The van der Waals surface area contributed by atoms with E-state index in [9.17, 15) is 17.6 Å². The Hall–Kier alpha value is -1.21. The zero-order valence-electron chi connectivity index (χ0n) is 10.8. The first-order valence-corrected chi connectivity index (χ1v) is 6.55. The van der Waals surface area contributed by atoms with Crippen molar-refractivity contribution in [2.24, 2.45) is 17.7 Å². The van der Waals surface area contributed by atoms with E-state index >= 15 is 0 Å². The van der Waals surface area contributed by atoms with Gasteiger partial charge in [0.05, 0.1) is 18.2 Å². The molecular weight excluding hydrogens is 274 g/mol. The van der Waals surface area contributed by atoms with Crippen molar-refractivity contribution in [3.05, 3.63) is 29.8 Å². The smallest absolute Gasteiger partial charge is 0.271 e. The van der Waals surface area contributed by atoms with Crippen LogP contribution in [0.1, 0.15) is 37.3 Å². The standard InChI is InChI=1S/C13H17F4N3/c14-11-7-19-5-4-10(11)12(20-18)8-2-1-3-9(6-8)13(15,16)17/h4-5,7-9,12,20H,1-3,6,18H2. The minimum Gasteiger partial charge on any atom is -0.271 e. The van der Waals surface area contributed by atoms with E-state index in [4.69, 9.17) is 5.84 Å². The molecule has 3 N–H and O–H groups in total. The van der Waals surface area contributed by atoms with E-state index in [-0.39, 0.29) is 24.3 Å². The molecule has 1 aromatic heterocycles. The summed E-state index contributed by atoms with van der Waals surface area (Å²) in [5, 5.41) is 0. The number of hydrogen-bond acceptors (Lipinski definition) is 3. The van der Waals surface area contributed by atoms with Crippen LogP contribution < -0.4 is 11.3 Å². The number of pyridine rings is 1. The minimum absolute atomic E-state index is 0.0276. The zero-order chi connectivity index (χ0) is 14.8. The normalized spacial score (nSPS) is 25.4. The van der Waals surface area contributed by atoms with Crippen LogP contribution in [0.15, 0.2) is 18.5 Å². The van der Waals surface area contributed by atoms with Crippen molar-refractivity contribution in [3.8, 4) is 0 Å². The molecule has 112 valence electrons. The molecule has 0 spiro atoms. The number of hydrogen-bond donors (Lipinski definition) is 2. The molecule has 0 amide bonds. The van der Waals surface area contributed by atoms with Gasteiger partial charge in [-0.15, -0.1) is 0 Å². The number of alkyl halides is 3. The molecule has 0 saturated heterocycles. The Morgan fingerprint density at radius 3 is 2.70 bits per heavy atom. The fourth-order valence-electron chi connectivity index (χ4n) is 2.95. The molecule has 3 atom stereocenters. The number of aromatic nitrogens is 1. The van der Waals surface area contributed by atoms with Crippen molar-refractivity contribution in [1.29, 1.82) is 0 Å². The molecule has 0 radical (unpaired) electrons. The maximum Gasteiger partial charge on any atom is 0.391 e. The number of nitrogens with zero attached hydrogens (tertiary/aromatic N) is 1. The maximum atomic E-state index is 13.7. The van der Waals surface area contributed by atoms with Crippen LogP contribution in [0.2, 0.25) is 0 Å². The van der Waals surface area contributed by atoms with Gasteiger partial charge >= 0.3 is 6.18 Å². The summed E-state index contributed by atoms with van der Waals surface area (Å²) >= 11 is 0. The first kappa shape index (κ1) is 15.2. The summed E-state index contributed by atoms with van der Waals surface area (Å²) < 4.78 is 52.2. The largest absolute Gasteiger partial charge is 0.391 e. The topological polar surface area (TPSA) is 50.9 Å². The van der Waals surface area contributed by atoms with Crippen molar-refractivity contribution in [2.75, 3.05) is 0 Å². The van der Waals surface area contributed by atoms with Crippen molar-refractivity contribution in [3.63, 3.8) is 0 Å². The molecule has 20 heavy (non-hydrogen) atoms. The van der Waals surface area contributed by atoms with Crippen molar-refractivity contribution >= 4 is 0 Å². The maximum absolute atomic E-state index is 13.7. The molecule has 1 aromatic rings. The van der Waals surface area contributed by atoms with Gasteiger partial charge in [-0.2, -0.15) is 13.2 Å². The molecule has 2 rings (SSSR count). The molecule has 1 aliphatic rings. The Bertz CT molecular complexity index is 449. The summed E-state index contributed by atoms with van der Waals surface area (Å²) in [7, 11) is 0. The van der Waals surface area contributed by atoms with Crippen LogP contribution in [-0.2, 0) is 0 Å².